The number of nitrogens with zero attached hydrogens (tertiary/aromatic N) is 1. The van der Waals surface area contributed by atoms with E-state index in [1.165, 1.54) is 6.20 Å². The third-order valence-corrected chi connectivity index (χ3v) is 5.35. The number of H-pyrrole nitrogens is 2. The van der Waals surface area contributed by atoms with Gasteiger partial charge in [-0.05, 0) is 48.4 Å². The van der Waals surface area contributed by atoms with E-state index in [1.807, 2.05) is 31.3 Å². The van der Waals surface area contributed by atoms with Crippen LogP contribution in [0.5, 0.6) is 0 Å². The molecule has 0 unspecified atom stereocenters. The minimum absolute atomic E-state index is 0.127. The first-order valence-electron chi connectivity index (χ1n) is 9.27. The van der Waals surface area contributed by atoms with Gasteiger partial charge in [0.1, 0.15) is 11.5 Å². The fourth-order valence-electron chi connectivity index (χ4n) is 3.70. The van der Waals surface area contributed by atoms with E-state index >= 15 is 0 Å². The highest BCUT2D eigenvalue weighted by atomic mass is 19.1. The SMILES string of the molecule is Cc1c[nH]c2ccc(-c3cnc4[nH]cc(C(=O)c5c(F)ccc(N)c5F)c4c3)cc12. The van der Waals surface area contributed by atoms with Crippen LogP contribution in [0, 0.1) is 18.6 Å². The zero-order chi connectivity index (χ0) is 21.0. The van der Waals surface area contributed by atoms with Crippen LogP contribution in [0.25, 0.3) is 33.1 Å². The highest BCUT2D eigenvalue weighted by Gasteiger charge is 2.24. The molecule has 5 aromatic rings. The summed E-state index contributed by atoms with van der Waals surface area (Å²) in [5.41, 5.74) is 8.98. The monoisotopic (exact) mass is 402 g/mol. The van der Waals surface area contributed by atoms with E-state index in [4.69, 9.17) is 5.73 Å². The highest BCUT2D eigenvalue weighted by molar-refractivity contribution is 6.16. The number of benzene rings is 2. The number of carbonyl (C=O) groups excluding carboxylic acids is 1. The van der Waals surface area contributed by atoms with Crippen LogP contribution in [-0.2, 0) is 0 Å². The Kier molecular flexibility index (Phi) is 3.92. The Morgan fingerprint density at radius 1 is 1.00 bits per heavy atom. The smallest absolute Gasteiger partial charge is 0.201 e. The number of carbonyl (C=O) groups is 1. The fraction of sp³-hybridized carbons (Fsp3) is 0.0435. The average molecular weight is 402 g/mol. The second kappa shape index (κ2) is 6.52. The number of aromatic nitrogens is 3. The predicted octanol–water partition coefficient (Wildman–Crippen LogP) is 5.11. The van der Waals surface area contributed by atoms with Crippen molar-refractivity contribution in [3.8, 4) is 11.1 Å². The molecule has 0 radical (unpaired) electrons. The van der Waals surface area contributed by atoms with Crippen LogP contribution in [0.3, 0.4) is 0 Å². The number of aromatic amines is 2. The lowest BCUT2D eigenvalue weighted by Gasteiger charge is -2.07. The molecular weight excluding hydrogens is 386 g/mol. The van der Waals surface area contributed by atoms with Crippen molar-refractivity contribution in [1.82, 2.24) is 15.0 Å². The molecule has 0 aliphatic heterocycles. The second-order valence-corrected chi connectivity index (χ2v) is 7.21. The molecule has 0 aliphatic carbocycles. The van der Waals surface area contributed by atoms with Crippen LogP contribution >= 0.6 is 0 Å². The van der Waals surface area contributed by atoms with E-state index in [-0.39, 0.29) is 11.3 Å². The number of aryl methyl sites for hydroxylation is 1. The number of nitrogens with two attached hydrogens (primary N) is 1. The number of anilines is 1. The van der Waals surface area contributed by atoms with E-state index < -0.39 is 23.0 Å². The molecule has 30 heavy (non-hydrogen) atoms. The molecule has 0 atom stereocenters. The molecule has 0 saturated carbocycles. The Bertz CT molecular complexity index is 1470. The first-order chi connectivity index (χ1) is 14.4. The van der Waals surface area contributed by atoms with Crippen LogP contribution in [0.4, 0.5) is 14.5 Å². The van der Waals surface area contributed by atoms with Crippen LogP contribution in [0.15, 0.2) is 55.0 Å². The minimum atomic E-state index is -1.06. The Morgan fingerprint density at radius 2 is 1.80 bits per heavy atom. The largest absolute Gasteiger partial charge is 0.396 e. The Labute approximate surface area is 169 Å². The summed E-state index contributed by atoms with van der Waals surface area (Å²) in [6, 6.07) is 9.83. The summed E-state index contributed by atoms with van der Waals surface area (Å²) in [5.74, 6) is -2.81. The quantitative estimate of drug-likeness (QED) is 0.289. The molecule has 0 bridgehead atoms. The zero-order valence-corrected chi connectivity index (χ0v) is 15.9. The molecule has 3 aromatic heterocycles. The summed E-state index contributed by atoms with van der Waals surface area (Å²) in [4.78, 5) is 23.4. The van der Waals surface area contributed by atoms with E-state index in [1.54, 1.807) is 12.3 Å². The summed E-state index contributed by atoms with van der Waals surface area (Å²) < 4.78 is 28.6. The van der Waals surface area contributed by atoms with Crippen LogP contribution < -0.4 is 5.73 Å². The predicted molar refractivity (Wildman–Crippen MR) is 112 cm³/mol. The fourth-order valence-corrected chi connectivity index (χ4v) is 3.70. The molecule has 0 fully saturated rings. The van der Waals surface area contributed by atoms with Gasteiger partial charge in [-0.2, -0.15) is 0 Å². The summed E-state index contributed by atoms with van der Waals surface area (Å²) in [6.07, 6.45) is 5.04. The van der Waals surface area contributed by atoms with Crippen molar-refractivity contribution in [3.05, 3.63) is 83.3 Å². The summed E-state index contributed by atoms with van der Waals surface area (Å²) in [7, 11) is 0. The maximum atomic E-state index is 14.4. The van der Waals surface area contributed by atoms with Gasteiger partial charge in [-0.25, -0.2) is 13.8 Å². The van der Waals surface area contributed by atoms with Crippen molar-refractivity contribution in [2.75, 3.05) is 5.73 Å². The van der Waals surface area contributed by atoms with E-state index in [0.717, 1.165) is 39.7 Å². The molecule has 5 nitrogen and oxygen atoms in total. The number of nitrogen functional groups attached to an aromatic ring is 1. The summed E-state index contributed by atoms with van der Waals surface area (Å²) >= 11 is 0. The van der Waals surface area contributed by atoms with Crippen molar-refractivity contribution >= 4 is 33.4 Å². The summed E-state index contributed by atoms with van der Waals surface area (Å²) in [6.45, 7) is 2.02. The molecule has 7 heteroatoms. The van der Waals surface area contributed by atoms with Crippen LogP contribution in [-0.4, -0.2) is 20.7 Å². The number of nitrogens with one attached hydrogen (secondary N) is 2. The standard InChI is InChI=1S/C23H16F2N4O/c1-11-8-27-19-5-2-12(6-14(11)19)13-7-15-16(10-29-23(15)28-9-13)22(30)20-17(24)3-4-18(26)21(20)25/h2-10,27H,26H2,1H3,(H,28,29). The number of pyridine rings is 1. The number of rotatable bonds is 3. The van der Waals surface area contributed by atoms with Gasteiger partial charge < -0.3 is 15.7 Å². The number of fused-ring (bicyclic) bond motifs is 2. The number of halogens is 2. The number of ketones is 1. The third kappa shape index (κ3) is 2.67. The molecule has 2 aromatic carbocycles. The van der Waals surface area contributed by atoms with Gasteiger partial charge in [0, 0.05) is 46.0 Å². The lowest BCUT2D eigenvalue weighted by molar-refractivity contribution is 0.103. The van der Waals surface area contributed by atoms with Gasteiger partial charge in [0.15, 0.2) is 5.82 Å². The third-order valence-electron chi connectivity index (χ3n) is 5.35. The van der Waals surface area contributed by atoms with Gasteiger partial charge in [0.2, 0.25) is 5.78 Å². The van der Waals surface area contributed by atoms with Crippen molar-refractivity contribution in [3.63, 3.8) is 0 Å². The lowest BCUT2D eigenvalue weighted by atomic mass is 9.99. The van der Waals surface area contributed by atoms with Crippen molar-refractivity contribution in [2.45, 2.75) is 6.92 Å². The van der Waals surface area contributed by atoms with Gasteiger partial charge in [-0.15, -0.1) is 0 Å². The van der Waals surface area contributed by atoms with E-state index in [0.29, 0.717) is 11.0 Å². The lowest BCUT2D eigenvalue weighted by Crippen LogP contribution is -2.09. The van der Waals surface area contributed by atoms with Crippen LogP contribution in [0.2, 0.25) is 0 Å². The maximum absolute atomic E-state index is 14.4. The molecule has 148 valence electrons. The Hall–Kier alpha value is -4.00. The van der Waals surface area contributed by atoms with Crippen molar-refractivity contribution in [2.24, 2.45) is 0 Å². The van der Waals surface area contributed by atoms with E-state index in [9.17, 15) is 13.6 Å². The van der Waals surface area contributed by atoms with Crippen molar-refractivity contribution < 1.29 is 13.6 Å². The second-order valence-electron chi connectivity index (χ2n) is 7.21. The van der Waals surface area contributed by atoms with Gasteiger partial charge in [0.25, 0.3) is 0 Å². The Morgan fingerprint density at radius 3 is 2.63 bits per heavy atom. The Balaban J connectivity index is 1.65. The van der Waals surface area contributed by atoms with Crippen molar-refractivity contribution in [1.29, 1.82) is 0 Å². The molecule has 5 rings (SSSR count). The van der Waals surface area contributed by atoms with Gasteiger partial charge in [-0.1, -0.05) is 6.07 Å². The minimum Gasteiger partial charge on any atom is -0.396 e. The van der Waals surface area contributed by atoms with E-state index in [2.05, 4.69) is 15.0 Å². The topological polar surface area (TPSA) is 87.6 Å². The van der Waals surface area contributed by atoms with Gasteiger partial charge in [-0.3, -0.25) is 4.79 Å². The molecule has 0 amide bonds. The first-order valence-corrected chi connectivity index (χ1v) is 9.27. The highest BCUT2D eigenvalue weighted by Crippen LogP contribution is 2.30. The normalized spacial score (nSPS) is 11.4. The summed E-state index contributed by atoms with van der Waals surface area (Å²) in [5, 5.41) is 1.56. The maximum Gasteiger partial charge on any atom is 0.201 e. The van der Waals surface area contributed by atoms with Gasteiger partial charge >= 0.3 is 0 Å². The first kappa shape index (κ1) is 18.1. The molecule has 0 saturated heterocycles. The molecule has 0 spiro atoms. The van der Waals surface area contributed by atoms with Gasteiger partial charge in [0.05, 0.1) is 11.3 Å². The molecule has 0 aliphatic rings. The molecular formula is C23H16F2N4O. The van der Waals surface area contributed by atoms with Crippen LogP contribution in [0.1, 0.15) is 21.5 Å². The number of hydrogen-bond donors (Lipinski definition) is 3. The molecule has 3 heterocycles. The number of hydrogen-bond acceptors (Lipinski definition) is 3. The zero-order valence-electron chi connectivity index (χ0n) is 15.9. The molecule has 4 N–H and O–H groups in total. The average Bonchev–Trinajstić information content (AvgIpc) is 3.34.